The third-order valence-corrected chi connectivity index (χ3v) is 3.62. The Labute approximate surface area is 116 Å². The maximum Gasteiger partial charge on any atom is 0.240 e. The molecule has 1 rings (SSSR count). The van der Waals surface area contributed by atoms with Gasteiger partial charge >= 0.3 is 0 Å². The standard InChI is InChI=1S/C15H27N3O/c1-6-13(16-5)12-8-9-18(10-12)11-14(19)17-15(3,4)7-2/h8-10,13,16H,6-7,11H2,1-5H3,(H,17,19). The highest BCUT2D eigenvalue weighted by molar-refractivity contribution is 5.76. The Hall–Kier alpha value is -1.29. The maximum atomic E-state index is 12.0. The zero-order valence-electron chi connectivity index (χ0n) is 12.8. The number of rotatable bonds is 7. The summed E-state index contributed by atoms with van der Waals surface area (Å²) >= 11 is 0. The summed E-state index contributed by atoms with van der Waals surface area (Å²) < 4.78 is 1.94. The van der Waals surface area contributed by atoms with Gasteiger partial charge in [0.15, 0.2) is 0 Å². The molecule has 1 amide bonds. The van der Waals surface area contributed by atoms with Crippen molar-refractivity contribution in [3.63, 3.8) is 0 Å². The Morgan fingerprint density at radius 1 is 1.42 bits per heavy atom. The SMILES string of the molecule is CCC(NC)c1ccn(CC(=O)NC(C)(C)CC)c1. The Kier molecular flexibility index (Phi) is 5.60. The van der Waals surface area contributed by atoms with Crippen LogP contribution >= 0.6 is 0 Å². The van der Waals surface area contributed by atoms with Crippen LogP contribution in [-0.4, -0.2) is 23.1 Å². The Morgan fingerprint density at radius 2 is 2.11 bits per heavy atom. The molecule has 0 saturated carbocycles. The van der Waals surface area contributed by atoms with E-state index in [9.17, 15) is 4.79 Å². The molecule has 0 bridgehead atoms. The Balaban J connectivity index is 2.61. The predicted octanol–water partition coefficient (Wildman–Crippen LogP) is 2.46. The maximum absolute atomic E-state index is 12.0. The van der Waals surface area contributed by atoms with Gasteiger partial charge in [-0.15, -0.1) is 0 Å². The van der Waals surface area contributed by atoms with Gasteiger partial charge in [-0.3, -0.25) is 4.79 Å². The summed E-state index contributed by atoms with van der Waals surface area (Å²) in [4.78, 5) is 12.0. The van der Waals surface area contributed by atoms with Crippen molar-refractivity contribution in [2.75, 3.05) is 7.05 Å². The van der Waals surface area contributed by atoms with Gasteiger partial charge in [0.2, 0.25) is 5.91 Å². The topological polar surface area (TPSA) is 46.1 Å². The van der Waals surface area contributed by atoms with E-state index in [0.29, 0.717) is 12.6 Å². The quantitative estimate of drug-likeness (QED) is 0.795. The van der Waals surface area contributed by atoms with Gasteiger partial charge in [-0.1, -0.05) is 13.8 Å². The fraction of sp³-hybridized carbons (Fsp3) is 0.667. The van der Waals surface area contributed by atoms with Gasteiger partial charge in [0.05, 0.1) is 0 Å². The molecule has 1 aromatic heterocycles. The number of carbonyl (C=O) groups is 1. The van der Waals surface area contributed by atoms with Crippen molar-refractivity contribution in [1.82, 2.24) is 15.2 Å². The van der Waals surface area contributed by atoms with E-state index in [2.05, 4.69) is 30.5 Å². The zero-order valence-corrected chi connectivity index (χ0v) is 12.8. The van der Waals surface area contributed by atoms with E-state index in [1.165, 1.54) is 5.56 Å². The number of amides is 1. The molecule has 1 atom stereocenters. The summed E-state index contributed by atoms with van der Waals surface area (Å²) in [6, 6.07) is 2.43. The molecule has 4 nitrogen and oxygen atoms in total. The summed E-state index contributed by atoms with van der Waals surface area (Å²) in [6.45, 7) is 8.69. The summed E-state index contributed by atoms with van der Waals surface area (Å²) in [5.41, 5.74) is 1.09. The monoisotopic (exact) mass is 265 g/mol. The van der Waals surface area contributed by atoms with Crippen molar-refractivity contribution >= 4 is 5.91 Å². The average molecular weight is 265 g/mol. The molecule has 1 heterocycles. The summed E-state index contributed by atoms with van der Waals surface area (Å²) in [5.74, 6) is 0.0616. The molecule has 1 unspecified atom stereocenters. The molecule has 0 saturated heterocycles. The van der Waals surface area contributed by atoms with Crippen molar-refractivity contribution in [2.24, 2.45) is 0 Å². The van der Waals surface area contributed by atoms with Crippen LogP contribution in [0, 0.1) is 0 Å². The normalized spacial score (nSPS) is 13.3. The molecule has 0 aliphatic rings. The lowest BCUT2D eigenvalue weighted by atomic mass is 10.0. The smallest absolute Gasteiger partial charge is 0.240 e. The Bertz CT molecular complexity index is 405. The van der Waals surface area contributed by atoms with E-state index in [1.807, 2.05) is 37.9 Å². The number of aromatic nitrogens is 1. The van der Waals surface area contributed by atoms with Crippen molar-refractivity contribution in [1.29, 1.82) is 0 Å². The minimum Gasteiger partial charge on any atom is -0.350 e. The van der Waals surface area contributed by atoms with Crippen LogP contribution in [0.3, 0.4) is 0 Å². The van der Waals surface area contributed by atoms with Gasteiger partial charge in [-0.25, -0.2) is 0 Å². The largest absolute Gasteiger partial charge is 0.350 e. The second-order valence-corrected chi connectivity index (χ2v) is 5.65. The first kappa shape index (κ1) is 15.8. The molecule has 108 valence electrons. The van der Waals surface area contributed by atoms with Crippen LogP contribution in [0.15, 0.2) is 18.5 Å². The predicted molar refractivity (Wildman–Crippen MR) is 79.0 cm³/mol. The fourth-order valence-electron chi connectivity index (χ4n) is 2.04. The molecule has 1 aromatic rings. The van der Waals surface area contributed by atoms with Crippen molar-refractivity contribution in [2.45, 2.75) is 58.7 Å². The van der Waals surface area contributed by atoms with Crippen LogP contribution < -0.4 is 10.6 Å². The van der Waals surface area contributed by atoms with E-state index < -0.39 is 0 Å². The van der Waals surface area contributed by atoms with E-state index in [-0.39, 0.29) is 11.4 Å². The van der Waals surface area contributed by atoms with Gasteiger partial charge in [0.25, 0.3) is 0 Å². The van der Waals surface area contributed by atoms with Crippen molar-refractivity contribution < 1.29 is 4.79 Å². The van der Waals surface area contributed by atoms with E-state index in [1.54, 1.807) is 0 Å². The lowest BCUT2D eigenvalue weighted by molar-refractivity contribution is -0.123. The fourth-order valence-corrected chi connectivity index (χ4v) is 2.04. The molecule has 4 heteroatoms. The average Bonchev–Trinajstić information content (AvgIpc) is 2.78. The number of nitrogens with zero attached hydrogens (tertiary/aromatic N) is 1. The molecule has 0 aromatic carbocycles. The minimum absolute atomic E-state index is 0.0616. The van der Waals surface area contributed by atoms with Crippen LogP contribution in [0.1, 0.15) is 52.1 Å². The van der Waals surface area contributed by atoms with Crippen molar-refractivity contribution in [3.05, 3.63) is 24.0 Å². The molecular formula is C15H27N3O. The van der Waals surface area contributed by atoms with Crippen LogP contribution in [0.2, 0.25) is 0 Å². The van der Waals surface area contributed by atoms with E-state index in [4.69, 9.17) is 0 Å². The molecule has 0 radical (unpaired) electrons. The second-order valence-electron chi connectivity index (χ2n) is 5.65. The van der Waals surface area contributed by atoms with Gasteiger partial charge in [-0.2, -0.15) is 0 Å². The van der Waals surface area contributed by atoms with Gasteiger partial charge in [-0.05, 0) is 45.4 Å². The van der Waals surface area contributed by atoms with Gasteiger partial charge in [0, 0.05) is 24.0 Å². The highest BCUT2D eigenvalue weighted by Gasteiger charge is 2.18. The summed E-state index contributed by atoms with van der Waals surface area (Å²) in [5, 5.41) is 6.31. The van der Waals surface area contributed by atoms with Gasteiger partial charge < -0.3 is 15.2 Å². The third kappa shape index (κ3) is 4.71. The zero-order chi connectivity index (χ0) is 14.5. The second kappa shape index (κ2) is 6.75. The first-order valence-corrected chi connectivity index (χ1v) is 7.05. The van der Waals surface area contributed by atoms with Crippen molar-refractivity contribution in [3.8, 4) is 0 Å². The molecule has 2 N–H and O–H groups in total. The lowest BCUT2D eigenvalue weighted by Crippen LogP contribution is -2.44. The Morgan fingerprint density at radius 3 is 2.63 bits per heavy atom. The molecule has 0 spiro atoms. The van der Waals surface area contributed by atoms with E-state index in [0.717, 1.165) is 12.8 Å². The van der Waals surface area contributed by atoms with Crippen LogP contribution in [0.4, 0.5) is 0 Å². The van der Waals surface area contributed by atoms with Crippen LogP contribution in [-0.2, 0) is 11.3 Å². The highest BCUT2D eigenvalue weighted by atomic mass is 16.2. The van der Waals surface area contributed by atoms with Gasteiger partial charge in [0.1, 0.15) is 6.54 Å². The summed E-state index contributed by atoms with van der Waals surface area (Å²) in [6.07, 6.45) is 5.97. The third-order valence-electron chi connectivity index (χ3n) is 3.62. The van der Waals surface area contributed by atoms with E-state index >= 15 is 0 Å². The molecule has 0 fully saturated rings. The number of hydrogen-bond donors (Lipinski definition) is 2. The highest BCUT2D eigenvalue weighted by Crippen LogP contribution is 2.16. The number of nitrogens with one attached hydrogen (secondary N) is 2. The molecular weight excluding hydrogens is 238 g/mol. The van der Waals surface area contributed by atoms with Crippen LogP contribution in [0.5, 0.6) is 0 Å². The van der Waals surface area contributed by atoms with Crippen LogP contribution in [0.25, 0.3) is 0 Å². The molecule has 0 aliphatic carbocycles. The number of carbonyl (C=O) groups excluding carboxylic acids is 1. The first-order chi connectivity index (χ1) is 8.91. The molecule has 0 aliphatic heterocycles. The first-order valence-electron chi connectivity index (χ1n) is 7.05. The number of hydrogen-bond acceptors (Lipinski definition) is 2. The summed E-state index contributed by atoms with van der Waals surface area (Å²) in [7, 11) is 1.96. The minimum atomic E-state index is -0.135. The lowest BCUT2D eigenvalue weighted by Gasteiger charge is -2.24. The molecule has 19 heavy (non-hydrogen) atoms.